The molecule has 3 rings (SSSR count). The first kappa shape index (κ1) is 19.6. The van der Waals surface area contributed by atoms with Gasteiger partial charge in [0, 0.05) is 12.5 Å². The number of anilines is 1. The number of aromatic nitrogens is 2. The van der Waals surface area contributed by atoms with E-state index in [2.05, 4.69) is 15.5 Å². The number of amides is 1. The molecule has 0 radical (unpaired) electrons. The summed E-state index contributed by atoms with van der Waals surface area (Å²) in [5.41, 5.74) is 0.790. The van der Waals surface area contributed by atoms with Crippen molar-refractivity contribution in [2.45, 2.75) is 18.2 Å². The molecule has 7 nitrogen and oxygen atoms in total. The molecule has 0 aliphatic heterocycles. The first-order chi connectivity index (χ1) is 13.2. The van der Waals surface area contributed by atoms with E-state index in [0.29, 0.717) is 6.07 Å². The largest absolute Gasteiger partial charge is 0.403 e. The molecule has 0 aliphatic rings. The van der Waals surface area contributed by atoms with Gasteiger partial charge in [-0.3, -0.25) is 10.1 Å². The van der Waals surface area contributed by atoms with E-state index < -0.39 is 33.1 Å². The van der Waals surface area contributed by atoms with Crippen LogP contribution in [0.25, 0.3) is 11.5 Å². The van der Waals surface area contributed by atoms with Gasteiger partial charge in [0.15, 0.2) is 9.84 Å². The molecule has 10 heteroatoms. The zero-order valence-corrected chi connectivity index (χ0v) is 15.5. The second-order valence-electron chi connectivity index (χ2n) is 5.97. The maximum atomic E-state index is 13.7. The number of hydrogen-bond acceptors (Lipinski definition) is 6. The van der Waals surface area contributed by atoms with Crippen LogP contribution in [0.5, 0.6) is 0 Å². The van der Waals surface area contributed by atoms with Gasteiger partial charge in [-0.25, -0.2) is 17.2 Å². The number of nitrogens with zero attached hydrogens (tertiary/aromatic N) is 2. The highest BCUT2D eigenvalue weighted by Crippen LogP contribution is 2.23. The van der Waals surface area contributed by atoms with Crippen molar-refractivity contribution in [2.75, 3.05) is 11.1 Å². The van der Waals surface area contributed by atoms with Crippen molar-refractivity contribution in [3.05, 3.63) is 59.7 Å². The quantitative estimate of drug-likeness (QED) is 0.674. The number of nitrogens with one attached hydrogen (secondary N) is 1. The van der Waals surface area contributed by atoms with E-state index in [9.17, 15) is 22.0 Å². The smallest absolute Gasteiger partial charge is 0.322 e. The lowest BCUT2D eigenvalue weighted by atomic mass is 10.2. The first-order valence-corrected chi connectivity index (χ1v) is 9.78. The van der Waals surface area contributed by atoms with Crippen LogP contribution in [0.4, 0.5) is 14.8 Å². The molecule has 3 aromatic rings. The van der Waals surface area contributed by atoms with Crippen LogP contribution in [0, 0.1) is 18.6 Å². The normalized spacial score (nSPS) is 11.4. The van der Waals surface area contributed by atoms with Gasteiger partial charge in [-0.05, 0) is 31.2 Å². The Morgan fingerprint density at radius 2 is 1.82 bits per heavy atom. The van der Waals surface area contributed by atoms with Gasteiger partial charge in [0.25, 0.3) is 5.89 Å². The third kappa shape index (κ3) is 4.58. The Morgan fingerprint density at radius 3 is 2.50 bits per heavy atom. The highest BCUT2D eigenvalue weighted by atomic mass is 32.2. The summed E-state index contributed by atoms with van der Waals surface area (Å²) in [6.45, 7) is 1.83. The summed E-state index contributed by atoms with van der Waals surface area (Å²) < 4.78 is 56.3. The minimum absolute atomic E-state index is 0.123. The van der Waals surface area contributed by atoms with Crippen LogP contribution >= 0.6 is 0 Å². The molecule has 1 aromatic heterocycles. The fourth-order valence-corrected chi connectivity index (χ4v) is 3.56. The van der Waals surface area contributed by atoms with E-state index in [-0.39, 0.29) is 28.8 Å². The maximum absolute atomic E-state index is 13.7. The van der Waals surface area contributed by atoms with Crippen LogP contribution in [-0.4, -0.2) is 30.3 Å². The first-order valence-electron chi connectivity index (χ1n) is 8.13. The number of carbonyl (C=O) groups excluding carboxylic acids is 1. The molecular formula is C18H15F2N3O4S. The third-order valence-corrected chi connectivity index (χ3v) is 5.54. The Morgan fingerprint density at radius 1 is 1.11 bits per heavy atom. The molecule has 0 saturated carbocycles. The van der Waals surface area contributed by atoms with Crippen LogP contribution < -0.4 is 5.32 Å². The number of aryl methyl sites for hydroxylation is 1. The minimum atomic E-state index is -3.62. The van der Waals surface area contributed by atoms with Gasteiger partial charge in [-0.15, -0.1) is 5.10 Å². The van der Waals surface area contributed by atoms with Crippen LogP contribution in [0.2, 0.25) is 0 Å². The van der Waals surface area contributed by atoms with Gasteiger partial charge in [-0.2, -0.15) is 0 Å². The summed E-state index contributed by atoms with van der Waals surface area (Å²) in [7, 11) is -3.62. The molecule has 0 fully saturated rings. The minimum Gasteiger partial charge on any atom is -0.403 e. The number of hydrogen-bond donors (Lipinski definition) is 1. The van der Waals surface area contributed by atoms with Gasteiger partial charge in [0.05, 0.1) is 16.2 Å². The van der Waals surface area contributed by atoms with Gasteiger partial charge >= 0.3 is 6.01 Å². The zero-order valence-electron chi connectivity index (χ0n) is 14.6. The molecule has 1 heterocycles. The number of halogens is 2. The Hall–Kier alpha value is -3.14. The van der Waals surface area contributed by atoms with E-state index in [1.54, 1.807) is 12.1 Å². The van der Waals surface area contributed by atoms with Crippen molar-refractivity contribution >= 4 is 21.8 Å². The number of rotatable bonds is 6. The number of sulfone groups is 1. The monoisotopic (exact) mass is 407 g/mol. The summed E-state index contributed by atoms with van der Waals surface area (Å²) in [5, 5.41) is 9.39. The summed E-state index contributed by atoms with van der Waals surface area (Å²) in [5.74, 6) is -2.98. The molecule has 1 amide bonds. The second-order valence-corrected chi connectivity index (χ2v) is 8.08. The lowest BCUT2D eigenvalue weighted by Crippen LogP contribution is -2.17. The summed E-state index contributed by atoms with van der Waals surface area (Å²) in [6, 6.07) is 8.77. The lowest BCUT2D eigenvalue weighted by molar-refractivity contribution is -0.115. The molecular weight excluding hydrogens is 392 g/mol. The fraction of sp³-hybridized carbons (Fsp3) is 0.167. The molecule has 0 unspecified atom stereocenters. The van der Waals surface area contributed by atoms with Gasteiger partial charge in [0.2, 0.25) is 5.91 Å². The van der Waals surface area contributed by atoms with Gasteiger partial charge in [-0.1, -0.05) is 22.8 Å². The summed E-state index contributed by atoms with van der Waals surface area (Å²) >= 11 is 0. The number of carbonyl (C=O) groups is 1. The average Bonchev–Trinajstić information content (AvgIpc) is 3.08. The lowest BCUT2D eigenvalue weighted by Gasteiger charge is -2.04. The van der Waals surface area contributed by atoms with E-state index in [1.807, 2.05) is 6.92 Å². The van der Waals surface area contributed by atoms with Crippen LogP contribution in [-0.2, 0) is 14.6 Å². The standard InChI is InChI=1S/C18H15F2N3O4S/c1-11-2-5-13(6-3-11)28(25,26)9-8-16(24)21-18-23-22-17(27-18)14-7-4-12(19)10-15(14)20/h2-7,10H,8-9H2,1H3,(H,21,23,24). The van der Waals surface area contributed by atoms with Crippen LogP contribution in [0.1, 0.15) is 12.0 Å². The Bertz CT molecular complexity index is 1110. The van der Waals surface area contributed by atoms with Crippen LogP contribution in [0.3, 0.4) is 0 Å². The predicted molar refractivity (Wildman–Crippen MR) is 96.1 cm³/mol. The van der Waals surface area contributed by atoms with E-state index in [4.69, 9.17) is 4.42 Å². The third-order valence-electron chi connectivity index (χ3n) is 3.81. The van der Waals surface area contributed by atoms with Crippen molar-refractivity contribution in [3.63, 3.8) is 0 Å². The number of benzene rings is 2. The van der Waals surface area contributed by atoms with Crippen molar-refractivity contribution < 1.29 is 26.4 Å². The predicted octanol–water partition coefficient (Wildman–Crippen LogP) is 3.13. The van der Waals surface area contributed by atoms with Gasteiger partial charge < -0.3 is 4.42 Å². The van der Waals surface area contributed by atoms with Crippen molar-refractivity contribution in [3.8, 4) is 11.5 Å². The molecule has 0 bridgehead atoms. The Balaban J connectivity index is 1.62. The molecule has 1 N–H and O–H groups in total. The molecule has 0 atom stereocenters. The highest BCUT2D eigenvalue weighted by molar-refractivity contribution is 7.91. The van der Waals surface area contributed by atoms with E-state index in [1.165, 1.54) is 12.1 Å². The van der Waals surface area contributed by atoms with E-state index in [0.717, 1.165) is 17.7 Å². The van der Waals surface area contributed by atoms with Crippen LogP contribution in [0.15, 0.2) is 51.8 Å². The fourth-order valence-electron chi connectivity index (χ4n) is 2.32. The van der Waals surface area contributed by atoms with Crippen molar-refractivity contribution in [2.24, 2.45) is 0 Å². The van der Waals surface area contributed by atoms with E-state index >= 15 is 0 Å². The highest BCUT2D eigenvalue weighted by Gasteiger charge is 2.19. The molecule has 0 aliphatic carbocycles. The summed E-state index contributed by atoms with van der Waals surface area (Å²) in [6.07, 6.45) is -0.334. The Kier molecular flexibility index (Phi) is 5.50. The molecule has 146 valence electrons. The molecule has 2 aromatic carbocycles. The van der Waals surface area contributed by atoms with Gasteiger partial charge in [0.1, 0.15) is 11.6 Å². The Labute approximate surface area is 159 Å². The topological polar surface area (TPSA) is 102 Å². The molecule has 28 heavy (non-hydrogen) atoms. The molecule has 0 saturated heterocycles. The maximum Gasteiger partial charge on any atom is 0.322 e. The van der Waals surface area contributed by atoms with Crippen molar-refractivity contribution in [1.29, 1.82) is 0 Å². The average molecular weight is 407 g/mol. The summed E-state index contributed by atoms with van der Waals surface area (Å²) in [4.78, 5) is 12.1. The van der Waals surface area contributed by atoms with Crippen molar-refractivity contribution in [1.82, 2.24) is 10.2 Å². The zero-order chi connectivity index (χ0) is 20.3. The second kappa shape index (κ2) is 7.85. The molecule has 0 spiro atoms. The SMILES string of the molecule is Cc1ccc(S(=O)(=O)CCC(=O)Nc2nnc(-c3ccc(F)cc3F)o2)cc1.